The molecule has 1 aromatic heterocycles. The summed E-state index contributed by atoms with van der Waals surface area (Å²) in [5, 5.41) is 19.6. The first-order valence-electron chi connectivity index (χ1n) is 5.84. The maximum absolute atomic E-state index is 10.9. The molecule has 0 amide bonds. The number of nitrogens with zero attached hydrogens (tertiary/aromatic N) is 4. The van der Waals surface area contributed by atoms with Gasteiger partial charge in [0.2, 0.25) is 0 Å². The van der Waals surface area contributed by atoms with Gasteiger partial charge in [0.05, 0.1) is 4.92 Å². The van der Waals surface area contributed by atoms with Crippen molar-refractivity contribution in [2.75, 3.05) is 0 Å². The van der Waals surface area contributed by atoms with Crippen molar-refractivity contribution in [3.8, 4) is 0 Å². The molecule has 0 saturated carbocycles. The van der Waals surface area contributed by atoms with E-state index in [-0.39, 0.29) is 16.7 Å². The second-order valence-electron chi connectivity index (χ2n) is 4.29. The summed E-state index contributed by atoms with van der Waals surface area (Å²) in [7, 11) is 0. The summed E-state index contributed by atoms with van der Waals surface area (Å²) in [6, 6.07) is 7.02. The van der Waals surface area contributed by atoms with E-state index < -0.39 is 0 Å². The standard InChI is InChI=1S/C12H14N4O2S/c1-9(2)15-8-13-14-12(15)19-7-10-5-3-4-6-11(10)16(17)18/h3-6,8-9H,7H2,1-2H3. The molecule has 2 aromatic rings. The van der Waals surface area contributed by atoms with Gasteiger partial charge in [-0.3, -0.25) is 10.1 Å². The molecule has 0 saturated heterocycles. The summed E-state index contributed by atoms with van der Waals surface area (Å²) in [6.07, 6.45) is 1.67. The predicted molar refractivity (Wildman–Crippen MR) is 73.1 cm³/mol. The number of rotatable bonds is 5. The summed E-state index contributed by atoms with van der Waals surface area (Å²) >= 11 is 1.45. The van der Waals surface area contributed by atoms with Gasteiger partial charge < -0.3 is 4.57 Å². The van der Waals surface area contributed by atoms with Gasteiger partial charge in [0.25, 0.3) is 5.69 Å². The molecule has 0 unspecified atom stereocenters. The number of hydrogen-bond donors (Lipinski definition) is 0. The zero-order valence-electron chi connectivity index (χ0n) is 10.7. The SMILES string of the molecule is CC(C)n1cnnc1SCc1ccccc1[N+](=O)[O-]. The zero-order chi connectivity index (χ0) is 13.8. The second-order valence-corrected chi connectivity index (χ2v) is 5.23. The molecule has 0 atom stereocenters. The topological polar surface area (TPSA) is 73.8 Å². The highest BCUT2D eigenvalue weighted by Gasteiger charge is 2.14. The van der Waals surface area contributed by atoms with E-state index >= 15 is 0 Å². The van der Waals surface area contributed by atoms with Crippen LogP contribution in [-0.4, -0.2) is 19.7 Å². The molecule has 7 heteroatoms. The molecule has 0 N–H and O–H groups in total. The number of thioether (sulfide) groups is 1. The van der Waals surface area contributed by atoms with E-state index in [2.05, 4.69) is 10.2 Å². The van der Waals surface area contributed by atoms with E-state index in [1.54, 1.807) is 24.5 Å². The Hall–Kier alpha value is -1.89. The first-order valence-corrected chi connectivity index (χ1v) is 6.82. The van der Waals surface area contributed by atoms with E-state index in [0.717, 1.165) is 5.16 Å². The van der Waals surface area contributed by atoms with Crippen molar-refractivity contribution < 1.29 is 4.92 Å². The Morgan fingerprint density at radius 1 is 1.42 bits per heavy atom. The molecular formula is C12H14N4O2S. The fraction of sp³-hybridized carbons (Fsp3) is 0.333. The Labute approximate surface area is 115 Å². The largest absolute Gasteiger partial charge is 0.306 e. The van der Waals surface area contributed by atoms with E-state index in [1.165, 1.54) is 17.8 Å². The summed E-state index contributed by atoms with van der Waals surface area (Å²) in [4.78, 5) is 10.6. The Kier molecular flexibility index (Phi) is 4.16. The molecule has 19 heavy (non-hydrogen) atoms. The van der Waals surface area contributed by atoms with Crippen molar-refractivity contribution in [3.63, 3.8) is 0 Å². The van der Waals surface area contributed by atoms with E-state index in [1.807, 2.05) is 18.4 Å². The molecule has 2 rings (SSSR count). The summed E-state index contributed by atoms with van der Waals surface area (Å²) < 4.78 is 1.94. The average molecular weight is 278 g/mol. The van der Waals surface area contributed by atoms with Gasteiger partial charge in [0.1, 0.15) is 6.33 Å². The Balaban J connectivity index is 2.15. The van der Waals surface area contributed by atoms with Crippen LogP contribution >= 0.6 is 11.8 Å². The van der Waals surface area contributed by atoms with Crippen molar-refractivity contribution in [3.05, 3.63) is 46.3 Å². The molecule has 0 radical (unpaired) electrons. The molecule has 0 bridgehead atoms. The van der Waals surface area contributed by atoms with Crippen LogP contribution in [0, 0.1) is 10.1 Å². The van der Waals surface area contributed by atoms with E-state index in [4.69, 9.17) is 0 Å². The molecule has 1 heterocycles. The van der Waals surface area contributed by atoms with Crippen molar-refractivity contribution in [1.29, 1.82) is 0 Å². The Morgan fingerprint density at radius 3 is 2.84 bits per heavy atom. The lowest BCUT2D eigenvalue weighted by Gasteiger charge is -2.09. The average Bonchev–Trinajstić information content (AvgIpc) is 2.85. The normalized spacial score (nSPS) is 10.9. The van der Waals surface area contributed by atoms with Crippen LogP contribution in [0.2, 0.25) is 0 Å². The molecule has 0 aliphatic heterocycles. The highest BCUT2D eigenvalue weighted by Crippen LogP contribution is 2.27. The van der Waals surface area contributed by atoms with Gasteiger partial charge in [-0.05, 0) is 13.8 Å². The summed E-state index contributed by atoms with van der Waals surface area (Å²) in [6.45, 7) is 4.08. The first-order chi connectivity index (χ1) is 9.09. The van der Waals surface area contributed by atoms with Crippen molar-refractivity contribution >= 4 is 17.4 Å². The Bertz CT molecular complexity index is 583. The zero-order valence-corrected chi connectivity index (χ0v) is 11.5. The minimum atomic E-state index is -0.358. The van der Waals surface area contributed by atoms with Gasteiger partial charge in [-0.15, -0.1) is 10.2 Å². The van der Waals surface area contributed by atoms with Crippen LogP contribution in [0.4, 0.5) is 5.69 Å². The minimum Gasteiger partial charge on any atom is -0.306 e. The lowest BCUT2D eigenvalue weighted by atomic mass is 10.2. The lowest BCUT2D eigenvalue weighted by molar-refractivity contribution is -0.385. The molecule has 0 aliphatic carbocycles. The van der Waals surface area contributed by atoms with Gasteiger partial charge in [0, 0.05) is 23.4 Å². The van der Waals surface area contributed by atoms with Gasteiger partial charge >= 0.3 is 0 Å². The van der Waals surface area contributed by atoms with E-state index in [9.17, 15) is 10.1 Å². The molecule has 0 aliphatic rings. The molecule has 0 fully saturated rings. The highest BCUT2D eigenvalue weighted by atomic mass is 32.2. The minimum absolute atomic E-state index is 0.144. The first kappa shape index (κ1) is 13.5. The number of nitro groups is 1. The van der Waals surface area contributed by atoms with Crippen LogP contribution in [0.5, 0.6) is 0 Å². The number of para-hydroxylation sites is 1. The van der Waals surface area contributed by atoms with Crippen LogP contribution in [0.3, 0.4) is 0 Å². The molecule has 100 valence electrons. The van der Waals surface area contributed by atoms with Gasteiger partial charge in [-0.2, -0.15) is 0 Å². The smallest absolute Gasteiger partial charge is 0.273 e. The number of aromatic nitrogens is 3. The highest BCUT2D eigenvalue weighted by molar-refractivity contribution is 7.98. The van der Waals surface area contributed by atoms with Gasteiger partial charge in [-0.1, -0.05) is 30.0 Å². The lowest BCUT2D eigenvalue weighted by Crippen LogP contribution is -2.01. The molecular weight excluding hydrogens is 264 g/mol. The number of nitro benzene ring substituents is 1. The molecule has 0 spiro atoms. The maximum atomic E-state index is 10.9. The Morgan fingerprint density at radius 2 is 2.16 bits per heavy atom. The van der Waals surface area contributed by atoms with Crippen LogP contribution in [0.25, 0.3) is 0 Å². The number of hydrogen-bond acceptors (Lipinski definition) is 5. The van der Waals surface area contributed by atoms with Crippen LogP contribution in [0.15, 0.2) is 35.7 Å². The van der Waals surface area contributed by atoms with Crippen LogP contribution < -0.4 is 0 Å². The van der Waals surface area contributed by atoms with Crippen molar-refractivity contribution in [2.24, 2.45) is 0 Å². The van der Waals surface area contributed by atoms with Crippen LogP contribution in [0.1, 0.15) is 25.5 Å². The summed E-state index contributed by atoms with van der Waals surface area (Å²) in [5.41, 5.74) is 0.835. The van der Waals surface area contributed by atoms with Crippen LogP contribution in [-0.2, 0) is 5.75 Å². The third kappa shape index (κ3) is 3.11. The van der Waals surface area contributed by atoms with Gasteiger partial charge in [-0.25, -0.2) is 0 Å². The molecule has 1 aromatic carbocycles. The third-order valence-electron chi connectivity index (χ3n) is 2.64. The fourth-order valence-electron chi connectivity index (χ4n) is 1.64. The van der Waals surface area contributed by atoms with Crippen molar-refractivity contribution in [2.45, 2.75) is 30.8 Å². The predicted octanol–water partition coefficient (Wildman–Crippen LogP) is 3.06. The molecule has 6 nitrogen and oxygen atoms in total. The van der Waals surface area contributed by atoms with Gasteiger partial charge in [0.15, 0.2) is 5.16 Å². The fourth-order valence-corrected chi connectivity index (χ4v) is 2.68. The van der Waals surface area contributed by atoms with E-state index in [0.29, 0.717) is 11.3 Å². The third-order valence-corrected chi connectivity index (χ3v) is 3.65. The number of benzene rings is 1. The quantitative estimate of drug-likeness (QED) is 0.477. The second kappa shape index (κ2) is 5.83. The summed E-state index contributed by atoms with van der Waals surface area (Å²) in [5.74, 6) is 0.503. The monoisotopic (exact) mass is 278 g/mol. The maximum Gasteiger partial charge on any atom is 0.273 e. The van der Waals surface area contributed by atoms with Crippen molar-refractivity contribution in [1.82, 2.24) is 14.8 Å².